The smallest absolute Gasteiger partial charge is 0.339 e. The lowest BCUT2D eigenvalue weighted by Gasteiger charge is -2.40. The number of Topliss-reactive ketones (excluding diaryl/α,β-unsaturated/α-hetero) is 1. The van der Waals surface area contributed by atoms with Crippen molar-refractivity contribution in [2.24, 2.45) is 23.7 Å². The molecule has 0 bridgehead atoms. The average Bonchev–Trinajstić information content (AvgIpc) is 2.74. The van der Waals surface area contributed by atoms with Crippen LogP contribution in [0.5, 0.6) is 0 Å². The number of hydrogen-bond donors (Lipinski definition) is 0. The van der Waals surface area contributed by atoms with Gasteiger partial charge in [0.1, 0.15) is 5.76 Å². The van der Waals surface area contributed by atoms with E-state index in [1.54, 1.807) is 0 Å². The Kier molecular flexibility index (Phi) is 3.91. The van der Waals surface area contributed by atoms with Crippen molar-refractivity contribution in [3.63, 3.8) is 0 Å². The van der Waals surface area contributed by atoms with Crippen molar-refractivity contribution in [1.82, 2.24) is 0 Å². The number of hydrogen-bond acceptors (Lipinski definition) is 3. The van der Waals surface area contributed by atoms with Crippen LogP contribution in [-0.4, -0.2) is 11.8 Å². The lowest BCUT2D eigenvalue weighted by Crippen LogP contribution is -2.34. The molecule has 1 aliphatic heterocycles. The lowest BCUT2D eigenvalue weighted by atomic mass is 9.64. The highest BCUT2D eigenvalue weighted by molar-refractivity contribution is 6.09. The maximum absolute atomic E-state index is 12.8. The minimum Gasteiger partial charge on any atom is -0.428 e. The predicted octanol–water partition coefficient (Wildman–Crippen LogP) is 4.13. The zero-order valence-electron chi connectivity index (χ0n) is 14.1. The van der Waals surface area contributed by atoms with Gasteiger partial charge < -0.3 is 4.74 Å². The molecule has 1 heterocycles. The monoisotopic (exact) mass is 312 g/mol. The number of esters is 1. The fourth-order valence-corrected chi connectivity index (χ4v) is 4.35. The van der Waals surface area contributed by atoms with E-state index in [0.29, 0.717) is 23.3 Å². The number of ether oxygens (including phenoxy) is 1. The molecule has 0 N–H and O–H groups in total. The van der Waals surface area contributed by atoms with Crippen molar-refractivity contribution >= 4 is 11.8 Å². The van der Waals surface area contributed by atoms with E-state index in [0.717, 1.165) is 24.0 Å². The van der Waals surface area contributed by atoms with Gasteiger partial charge in [-0.3, -0.25) is 4.79 Å². The van der Waals surface area contributed by atoms with Gasteiger partial charge in [0.05, 0.1) is 0 Å². The van der Waals surface area contributed by atoms with Gasteiger partial charge in [-0.15, -0.1) is 0 Å². The molecular weight excluding hydrogens is 288 g/mol. The molecule has 0 aromatic heterocycles. The Hall–Kier alpha value is -1.90. The SMILES string of the molecule is C=C(C)C1CCC(=C)C2C3=C(CC(C)C3=O)C(=O)OC(C)=CC12. The molecule has 1 fully saturated rings. The Morgan fingerprint density at radius 2 is 2.04 bits per heavy atom. The summed E-state index contributed by atoms with van der Waals surface area (Å²) in [4.78, 5) is 25.2. The first-order chi connectivity index (χ1) is 10.8. The van der Waals surface area contributed by atoms with Crippen molar-refractivity contribution in [1.29, 1.82) is 0 Å². The van der Waals surface area contributed by atoms with Crippen LogP contribution in [0.4, 0.5) is 0 Å². The zero-order chi connectivity index (χ0) is 16.9. The van der Waals surface area contributed by atoms with Gasteiger partial charge in [0.2, 0.25) is 0 Å². The number of carbonyl (C=O) groups excluding carboxylic acids is 2. The summed E-state index contributed by atoms with van der Waals surface area (Å²) < 4.78 is 5.47. The number of ketones is 1. The van der Waals surface area contributed by atoms with Gasteiger partial charge in [-0.2, -0.15) is 0 Å². The van der Waals surface area contributed by atoms with E-state index < -0.39 is 0 Å². The Morgan fingerprint density at radius 1 is 1.35 bits per heavy atom. The van der Waals surface area contributed by atoms with E-state index >= 15 is 0 Å². The van der Waals surface area contributed by atoms with Gasteiger partial charge in [-0.05, 0) is 51.0 Å². The highest BCUT2D eigenvalue weighted by Gasteiger charge is 2.46. The maximum atomic E-state index is 12.8. The summed E-state index contributed by atoms with van der Waals surface area (Å²) in [6.07, 6.45) is 4.35. The molecule has 23 heavy (non-hydrogen) atoms. The van der Waals surface area contributed by atoms with Crippen LogP contribution in [0.25, 0.3) is 0 Å². The van der Waals surface area contributed by atoms with Gasteiger partial charge >= 0.3 is 5.97 Å². The molecule has 0 spiro atoms. The van der Waals surface area contributed by atoms with E-state index in [9.17, 15) is 9.59 Å². The topological polar surface area (TPSA) is 43.4 Å². The first-order valence-electron chi connectivity index (χ1n) is 8.32. The number of rotatable bonds is 1. The molecule has 122 valence electrons. The van der Waals surface area contributed by atoms with Crippen LogP contribution < -0.4 is 0 Å². The van der Waals surface area contributed by atoms with Crippen LogP contribution in [0.1, 0.15) is 40.0 Å². The van der Waals surface area contributed by atoms with Gasteiger partial charge in [0.15, 0.2) is 5.78 Å². The molecule has 3 rings (SSSR count). The molecule has 3 nitrogen and oxygen atoms in total. The zero-order valence-corrected chi connectivity index (χ0v) is 14.1. The molecule has 0 amide bonds. The van der Waals surface area contributed by atoms with E-state index in [2.05, 4.69) is 13.2 Å². The van der Waals surface area contributed by atoms with Crippen LogP contribution in [0.3, 0.4) is 0 Å². The second kappa shape index (κ2) is 5.63. The Bertz CT molecular complexity index is 677. The number of cyclic esters (lactones) is 1. The molecule has 3 aliphatic rings. The average molecular weight is 312 g/mol. The summed E-state index contributed by atoms with van der Waals surface area (Å²) in [6, 6.07) is 0. The summed E-state index contributed by atoms with van der Waals surface area (Å²) in [5.41, 5.74) is 3.39. The highest BCUT2D eigenvalue weighted by atomic mass is 16.5. The second-order valence-electron chi connectivity index (χ2n) is 7.23. The van der Waals surface area contributed by atoms with E-state index in [1.807, 2.05) is 26.8 Å². The molecule has 0 radical (unpaired) electrons. The minimum absolute atomic E-state index is 0.0827. The van der Waals surface area contributed by atoms with Crippen molar-refractivity contribution in [2.45, 2.75) is 40.0 Å². The van der Waals surface area contributed by atoms with Crippen molar-refractivity contribution in [3.8, 4) is 0 Å². The molecule has 1 saturated carbocycles. The van der Waals surface area contributed by atoms with Crippen LogP contribution in [0, 0.1) is 23.7 Å². The Balaban J connectivity index is 2.17. The van der Waals surface area contributed by atoms with Gasteiger partial charge in [-0.1, -0.05) is 31.2 Å². The first-order valence-corrected chi connectivity index (χ1v) is 8.32. The fourth-order valence-electron chi connectivity index (χ4n) is 4.35. The maximum Gasteiger partial charge on any atom is 0.339 e. The van der Waals surface area contributed by atoms with Gasteiger partial charge in [0, 0.05) is 23.0 Å². The van der Waals surface area contributed by atoms with Crippen molar-refractivity contribution < 1.29 is 14.3 Å². The van der Waals surface area contributed by atoms with Crippen molar-refractivity contribution in [2.75, 3.05) is 0 Å². The molecule has 0 aromatic carbocycles. The Morgan fingerprint density at radius 3 is 2.70 bits per heavy atom. The molecule has 2 aliphatic carbocycles. The molecule has 0 aromatic rings. The fraction of sp³-hybridized carbons (Fsp3) is 0.500. The third kappa shape index (κ3) is 2.52. The van der Waals surface area contributed by atoms with E-state index in [4.69, 9.17) is 4.74 Å². The highest BCUT2D eigenvalue weighted by Crippen LogP contribution is 2.50. The second-order valence-corrected chi connectivity index (χ2v) is 7.23. The summed E-state index contributed by atoms with van der Waals surface area (Å²) in [7, 11) is 0. The lowest BCUT2D eigenvalue weighted by molar-refractivity contribution is -0.135. The quantitative estimate of drug-likeness (QED) is 0.540. The van der Waals surface area contributed by atoms with E-state index in [1.165, 1.54) is 0 Å². The van der Waals surface area contributed by atoms with Crippen LogP contribution in [0.15, 0.2) is 47.3 Å². The third-order valence-corrected chi connectivity index (χ3v) is 5.49. The molecular formula is C20H24O3. The number of allylic oxidation sites excluding steroid dienone is 5. The summed E-state index contributed by atoms with van der Waals surface area (Å²) >= 11 is 0. The van der Waals surface area contributed by atoms with Gasteiger partial charge in [-0.25, -0.2) is 4.79 Å². The molecule has 4 atom stereocenters. The largest absolute Gasteiger partial charge is 0.428 e. The summed E-state index contributed by atoms with van der Waals surface area (Å²) in [5.74, 6) is 0.490. The summed E-state index contributed by atoms with van der Waals surface area (Å²) in [5, 5.41) is 0. The Labute approximate surface area is 137 Å². The summed E-state index contributed by atoms with van der Waals surface area (Å²) in [6.45, 7) is 14.1. The molecule has 4 unspecified atom stereocenters. The minimum atomic E-state index is -0.366. The van der Waals surface area contributed by atoms with Crippen LogP contribution >= 0.6 is 0 Å². The van der Waals surface area contributed by atoms with Crippen LogP contribution in [0.2, 0.25) is 0 Å². The third-order valence-electron chi connectivity index (χ3n) is 5.49. The molecule has 3 heteroatoms. The van der Waals surface area contributed by atoms with Crippen molar-refractivity contribution in [3.05, 3.63) is 47.3 Å². The van der Waals surface area contributed by atoms with Gasteiger partial charge in [0.25, 0.3) is 0 Å². The number of carbonyl (C=O) groups is 2. The molecule has 0 saturated heterocycles. The van der Waals surface area contributed by atoms with Crippen LogP contribution in [-0.2, 0) is 14.3 Å². The van der Waals surface area contributed by atoms with E-state index in [-0.39, 0.29) is 35.4 Å². The first kappa shape index (κ1) is 16.0. The normalized spacial score (nSPS) is 34.2. The number of fused-ring (bicyclic) bond motifs is 2. The standard InChI is InChI=1S/C20H24O3/c1-10(2)14-7-6-11(3)17-15(14)9-13(5)23-20(22)16-8-12(4)19(21)18(16)17/h9,12,14-15,17H,1,3,6-8H2,2,4-5H3. The predicted molar refractivity (Wildman–Crippen MR) is 89.3 cm³/mol.